The molecule has 1 unspecified atom stereocenters. The fraction of sp³-hybridized carbons (Fsp3) is 0.625. The standard InChI is InChI=1S/C16H23BrO2/c1-11-4-6-12(7-5-11)16(17)14-10-13(18-2)8-9-15(14)19-3/h8-12,16H,4-7H2,1-3H3. The summed E-state index contributed by atoms with van der Waals surface area (Å²) in [7, 11) is 3.44. The zero-order valence-corrected chi connectivity index (χ0v) is 13.6. The van der Waals surface area contributed by atoms with Crippen molar-refractivity contribution in [1.29, 1.82) is 0 Å². The van der Waals surface area contributed by atoms with Crippen molar-refractivity contribution in [1.82, 2.24) is 0 Å². The van der Waals surface area contributed by atoms with Crippen LogP contribution in [0.25, 0.3) is 0 Å². The van der Waals surface area contributed by atoms with Gasteiger partial charge in [0.2, 0.25) is 0 Å². The second-order valence-corrected chi connectivity index (χ2v) is 6.52. The van der Waals surface area contributed by atoms with Crippen LogP contribution in [-0.2, 0) is 0 Å². The van der Waals surface area contributed by atoms with Gasteiger partial charge in [-0.2, -0.15) is 0 Å². The van der Waals surface area contributed by atoms with Crippen LogP contribution in [0.5, 0.6) is 11.5 Å². The Balaban J connectivity index is 2.19. The zero-order chi connectivity index (χ0) is 13.8. The molecule has 1 aliphatic carbocycles. The van der Waals surface area contributed by atoms with Gasteiger partial charge in [-0.15, -0.1) is 0 Å². The molecule has 1 fully saturated rings. The molecule has 2 rings (SSSR count). The average Bonchev–Trinajstić information content (AvgIpc) is 2.46. The van der Waals surface area contributed by atoms with E-state index >= 15 is 0 Å². The third-order valence-electron chi connectivity index (χ3n) is 4.21. The summed E-state index contributed by atoms with van der Waals surface area (Å²) < 4.78 is 10.8. The van der Waals surface area contributed by atoms with Crippen LogP contribution >= 0.6 is 15.9 Å². The first-order chi connectivity index (χ1) is 9.15. The van der Waals surface area contributed by atoms with Crippen molar-refractivity contribution in [2.45, 2.75) is 37.4 Å². The third kappa shape index (κ3) is 3.44. The molecule has 3 heteroatoms. The quantitative estimate of drug-likeness (QED) is 0.727. The van der Waals surface area contributed by atoms with Crippen molar-refractivity contribution in [2.75, 3.05) is 14.2 Å². The largest absolute Gasteiger partial charge is 0.497 e. The van der Waals surface area contributed by atoms with E-state index in [0.29, 0.717) is 10.7 Å². The van der Waals surface area contributed by atoms with Crippen LogP contribution in [0.2, 0.25) is 0 Å². The molecule has 0 bridgehead atoms. The summed E-state index contributed by atoms with van der Waals surface area (Å²) >= 11 is 3.89. The molecule has 0 N–H and O–H groups in total. The van der Waals surface area contributed by atoms with Gasteiger partial charge in [-0.25, -0.2) is 0 Å². The molecule has 19 heavy (non-hydrogen) atoms. The van der Waals surface area contributed by atoms with E-state index < -0.39 is 0 Å². The fourth-order valence-corrected chi connectivity index (χ4v) is 3.77. The summed E-state index contributed by atoms with van der Waals surface area (Å²) in [5, 5.41) is 0. The monoisotopic (exact) mass is 326 g/mol. The van der Waals surface area contributed by atoms with Crippen LogP contribution < -0.4 is 9.47 Å². The number of alkyl halides is 1. The first-order valence-corrected chi connectivity index (χ1v) is 7.93. The summed E-state index contributed by atoms with van der Waals surface area (Å²) in [4.78, 5) is 0.352. The fourth-order valence-electron chi connectivity index (χ4n) is 2.89. The molecule has 0 aliphatic heterocycles. The van der Waals surface area contributed by atoms with Gasteiger partial charge in [0, 0.05) is 10.4 Å². The molecular weight excluding hydrogens is 304 g/mol. The first kappa shape index (κ1) is 14.7. The molecular formula is C16H23BrO2. The number of hydrogen-bond donors (Lipinski definition) is 0. The highest BCUT2D eigenvalue weighted by Gasteiger charge is 2.27. The molecule has 106 valence electrons. The molecule has 0 aromatic heterocycles. The molecule has 1 aliphatic rings. The lowest BCUT2D eigenvalue weighted by Crippen LogP contribution is -2.16. The van der Waals surface area contributed by atoms with E-state index in [1.165, 1.54) is 31.2 Å². The first-order valence-electron chi connectivity index (χ1n) is 7.01. The highest BCUT2D eigenvalue weighted by Crippen LogP contribution is 2.45. The smallest absolute Gasteiger partial charge is 0.123 e. The maximum absolute atomic E-state index is 5.49. The highest BCUT2D eigenvalue weighted by molar-refractivity contribution is 9.09. The van der Waals surface area contributed by atoms with Crippen LogP contribution in [0.15, 0.2) is 18.2 Å². The number of hydrogen-bond acceptors (Lipinski definition) is 2. The maximum Gasteiger partial charge on any atom is 0.123 e. The van der Waals surface area contributed by atoms with Gasteiger partial charge in [-0.1, -0.05) is 35.7 Å². The van der Waals surface area contributed by atoms with Crippen LogP contribution in [-0.4, -0.2) is 14.2 Å². The van der Waals surface area contributed by atoms with Crippen molar-refractivity contribution in [2.24, 2.45) is 11.8 Å². The molecule has 0 amide bonds. The van der Waals surface area contributed by atoms with Crippen molar-refractivity contribution in [3.8, 4) is 11.5 Å². The summed E-state index contributed by atoms with van der Waals surface area (Å²) in [5.74, 6) is 3.41. The molecule has 0 heterocycles. The van der Waals surface area contributed by atoms with E-state index in [0.717, 1.165) is 17.4 Å². The Morgan fingerprint density at radius 2 is 1.79 bits per heavy atom. The zero-order valence-electron chi connectivity index (χ0n) is 12.0. The Morgan fingerprint density at radius 3 is 2.37 bits per heavy atom. The number of rotatable bonds is 4. The normalized spacial score (nSPS) is 24.8. The van der Waals surface area contributed by atoms with E-state index in [2.05, 4.69) is 28.9 Å². The Hall–Kier alpha value is -0.700. The van der Waals surface area contributed by atoms with Crippen LogP contribution in [0, 0.1) is 11.8 Å². The van der Waals surface area contributed by atoms with Gasteiger partial charge < -0.3 is 9.47 Å². The van der Waals surface area contributed by atoms with Crippen LogP contribution in [0.3, 0.4) is 0 Å². The predicted molar refractivity (Wildman–Crippen MR) is 82.3 cm³/mol. The van der Waals surface area contributed by atoms with Crippen LogP contribution in [0.4, 0.5) is 0 Å². The van der Waals surface area contributed by atoms with Gasteiger partial charge in [0.25, 0.3) is 0 Å². The minimum absolute atomic E-state index is 0.352. The van der Waals surface area contributed by atoms with Gasteiger partial charge in [0.05, 0.1) is 14.2 Å². The second-order valence-electron chi connectivity index (χ2n) is 5.53. The molecule has 1 atom stereocenters. The lowest BCUT2D eigenvalue weighted by molar-refractivity contribution is 0.284. The average molecular weight is 327 g/mol. The summed E-state index contributed by atoms with van der Waals surface area (Å²) in [6.45, 7) is 2.35. The van der Waals surface area contributed by atoms with E-state index in [1.807, 2.05) is 12.1 Å². The summed E-state index contributed by atoms with van der Waals surface area (Å²) in [6.07, 6.45) is 5.24. The topological polar surface area (TPSA) is 18.5 Å². The molecule has 1 saturated carbocycles. The van der Waals surface area contributed by atoms with E-state index in [9.17, 15) is 0 Å². The Labute approximate surface area is 124 Å². The van der Waals surface area contributed by atoms with Gasteiger partial charge in [0.15, 0.2) is 0 Å². The van der Waals surface area contributed by atoms with Crippen molar-refractivity contribution in [3.05, 3.63) is 23.8 Å². The van der Waals surface area contributed by atoms with Crippen LogP contribution in [0.1, 0.15) is 43.0 Å². The molecule has 0 radical (unpaired) electrons. The van der Waals surface area contributed by atoms with E-state index in [4.69, 9.17) is 9.47 Å². The lowest BCUT2D eigenvalue weighted by atomic mass is 9.80. The Kier molecular flexibility index (Phi) is 5.14. The highest BCUT2D eigenvalue weighted by atomic mass is 79.9. The predicted octanol–water partition coefficient (Wildman–Crippen LogP) is 4.97. The Bertz CT molecular complexity index is 411. The maximum atomic E-state index is 5.49. The number of ether oxygens (including phenoxy) is 2. The molecule has 0 saturated heterocycles. The van der Waals surface area contributed by atoms with Crippen molar-refractivity contribution in [3.63, 3.8) is 0 Å². The number of methoxy groups -OCH3 is 2. The number of benzene rings is 1. The second kappa shape index (κ2) is 6.65. The lowest BCUT2D eigenvalue weighted by Gasteiger charge is -2.30. The molecule has 2 nitrogen and oxygen atoms in total. The molecule has 1 aromatic carbocycles. The summed E-state index contributed by atoms with van der Waals surface area (Å²) in [6, 6.07) is 6.04. The Morgan fingerprint density at radius 1 is 1.11 bits per heavy atom. The van der Waals surface area contributed by atoms with E-state index in [1.54, 1.807) is 14.2 Å². The van der Waals surface area contributed by atoms with Gasteiger partial charge >= 0.3 is 0 Å². The van der Waals surface area contributed by atoms with Crippen molar-refractivity contribution >= 4 is 15.9 Å². The van der Waals surface area contributed by atoms with E-state index in [-0.39, 0.29) is 0 Å². The van der Waals surface area contributed by atoms with Gasteiger partial charge in [-0.3, -0.25) is 0 Å². The van der Waals surface area contributed by atoms with Gasteiger partial charge in [-0.05, 0) is 42.9 Å². The minimum atomic E-state index is 0.352. The summed E-state index contributed by atoms with van der Waals surface area (Å²) in [5.41, 5.74) is 1.21. The van der Waals surface area contributed by atoms with Gasteiger partial charge in [0.1, 0.15) is 11.5 Å². The SMILES string of the molecule is COc1ccc(OC)c(C(Br)C2CCC(C)CC2)c1. The van der Waals surface area contributed by atoms with Crippen molar-refractivity contribution < 1.29 is 9.47 Å². The minimum Gasteiger partial charge on any atom is -0.497 e. The third-order valence-corrected chi connectivity index (χ3v) is 5.45. The molecule has 0 spiro atoms. The molecule has 1 aromatic rings. The number of halogens is 1.